The van der Waals surface area contributed by atoms with Gasteiger partial charge >= 0.3 is 0 Å². The predicted octanol–water partition coefficient (Wildman–Crippen LogP) is 2.85. The van der Waals surface area contributed by atoms with Crippen molar-refractivity contribution < 1.29 is 4.74 Å². The molecule has 0 spiro atoms. The van der Waals surface area contributed by atoms with E-state index in [1.807, 2.05) is 12.1 Å². The van der Waals surface area contributed by atoms with Crippen LogP contribution in [-0.2, 0) is 0 Å². The van der Waals surface area contributed by atoms with Gasteiger partial charge in [-0.1, -0.05) is 15.9 Å². The van der Waals surface area contributed by atoms with Crippen molar-refractivity contribution in [1.82, 2.24) is 0 Å². The van der Waals surface area contributed by atoms with E-state index in [2.05, 4.69) is 15.9 Å². The highest BCUT2D eigenvalue weighted by atomic mass is 79.9. The monoisotopic (exact) mass is 237 g/mol. The largest absolute Gasteiger partial charge is 0.490 e. The summed E-state index contributed by atoms with van der Waals surface area (Å²) >= 11 is 3.14. The molecule has 66 valence electrons. The normalized spacial score (nSPS) is 9.85. The number of ether oxygens (including phenoxy) is 1. The maximum atomic E-state index is 8.53. The first kappa shape index (κ1) is 9.82. The van der Waals surface area contributed by atoms with E-state index in [1.54, 1.807) is 29.3 Å². The first-order valence-corrected chi connectivity index (χ1v) is 4.66. The molecular formula is C10H8BrNO. The minimum absolute atomic E-state index is 0.525. The molecule has 1 rings (SSSR count). The van der Waals surface area contributed by atoms with Gasteiger partial charge in [0.2, 0.25) is 0 Å². The number of hydrogen-bond acceptors (Lipinski definition) is 2. The van der Waals surface area contributed by atoms with Crippen molar-refractivity contribution in [2.75, 3.05) is 6.61 Å². The van der Waals surface area contributed by atoms with Crippen molar-refractivity contribution in [2.45, 2.75) is 0 Å². The fourth-order valence-electron chi connectivity index (χ4n) is 0.806. The molecule has 0 aliphatic rings. The van der Waals surface area contributed by atoms with Gasteiger partial charge in [0, 0.05) is 0 Å². The van der Waals surface area contributed by atoms with Crippen LogP contribution in [0.5, 0.6) is 5.75 Å². The van der Waals surface area contributed by atoms with Crippen molar-refractivity contribution in [3.63, 3.8) is 0 Å². The Kier molecular flexibility index (Phi) is 4.07. The zero-order valence-electron chi connectivity index (χ0n) is 6.90. The van der Waals surface area contributed by atoms with Gasteiger partial charge in [-0.05, 0) is 35.3 Å². The van der Waals surface area contributed by atoms with Crippen LogP contribution < -0.4 is 4.74 Å². The second kappa shape index (κ2) is 5.39. The molecule has 1 aromatic rings. The van der Waals surface area contributed by atoms with Crippen LogP contribution in [0.1, 0.15) is 5.56 Å². The second-order valence-electron chi connectivity index (χ2n) is 2.31. The fraction of sp³-hybridized carbons (Fsp3) is 0.100. The average Bonchev–Trinajstić information content (AvgIpc) is 2.19. The van der Waals surface area contributed by atoms with Crippen LogP contribution >= 0.6 is 15.9 Å². The van der Waals surface area contributed by atoms with E-state index >= 15 is 0 Å². The summed E-state index contributed by atoms with van der Waals surface area (Å²) in [5.74, 6) is 0.768. The average molecular weight is 238 g/mol. The molecule has 0 aliphatic carbocycles. The van der Waals surface area contributed by atoms with Crippen molar-refractivity contribution in [3.05, 3.63) is 40.9 Å². The van der Waals surface area contributed by atoms with Crippen LogP contribution in [0.2, 0.25) is 0 Å². The first-order chi connectivity index (χ1) is 6.36. The van der Waals surface area contributed by atoms with Crippen LogP contribution in [-0.4, -0.2) is 6.61 Å². The highest BCUT2D eigenvalue weighted by molar-refractivity contribution is 9.11. The van der Waals surface area contributed by atoms with Crippen molar-refractivity contribution in [2.24, 2.45) is 0 Å². The highest BCUT2D eigenvalue weighted by Crippen LogP contribution is 2.11. The summed E-state index contributed by atoms with van der Waals surface area (Å²) in [6.45, 7) is 0.525. The van der Waals surface area contributed by atoms with E-state index in [0.717, 1.165) is 5.75 Å². The van der Waals surface area contributed by atoms with Gasteiger partial charge in [0.1, 0.15) is 12.4 Å². The summed E-state index contributed by atoms with van der Waals surface area (Å²) in [6.07, 6.45) is 1.85. The highest BCUT2D eigenvalue weighted by Gasteiger charge is 1.91. The minimum atomic E-state index is 0.525. The molecule has 0 atom stereocenters. The molecule has 0 aromatic heterocycles. The Labute approximate surface area is 85.6 Å². The van der Waals surface area contributed by atoms with Gasteiger partial charge in [0.05, 0.1) is 11.6 Å². The van der Waals surface area contributed by atoms with Gasteiger partial charge < -0.3 is 4.74 Å². The maximum Gasteiger partial charge on any atom is 0.119 e. The van der Waals surface area contributed by atoms with Gasteiger partial charge in [-0.2, -0.15) is 5.26 Å². The molecule has 0 bridgehead atoms. The molecular weight excluding hydrogens is 230 g/mol. The summed E-state index contributed by atoms with van der Waals surface area (Å²) in [7, 11) is 0. The maximum absolute atomic E-state index is 8.53. The molecule has 3 heteroatoms. The number of hydrogen-bond donors (Lipinski definition) is 0. The Morgan fingerprint density at radius 1 is 1.38 bits per heavy atom. The van der Waals surface area contributed by atoms with E-state index in [-0.39, 0.29) is 0 Å². The molecule has 13 heavy (non-hydrogen) atoms. The van der Waals surface area contributed by atoms with Crippen LogP contribution in [0.15, 0.2) is 35.3 Å². The third-order valence-corrected chi connectivity index (χ3v) is 1.79. The second-order valence-corrected chi connectivity index (χ2v) is 2.84. The minimum Gasteiger partial charge on any atom is -0.490 e. The van der Waals surface area contributed by atoms with E-state index < -0.39 is 0 Å². The zero-order chi connectivity index (χ0) is 9.52. The SMILES string of the molecule is N#Cc1ccc(OC/C=C/Br)cc1. The van der Waals surface area contributed by atoms with E-state index in [0.29, 0.717) is 12.2 Å². The zero-order valence-corrected chi connectivity index (χ0v) is 8.49. The van der Waals surface area contributed by atoms with E-state index in [1.165, 1.54) is 0 Å². The summed E-state index contributed by atoms with van der Waals surface area (Å²) in [4.78, 5) is 1.75. The van der Waals surface area contributed by atoms with Gasteiger partial charge in [-0.15, -0.1) is 0 Å². The topological polar surface area (TPSA) is 33.0 Å². The molecule has 0 heterocycles. The molecule has 0 N–H and O–H groups in total. The quantitative estimate of drug-likeness (QED) is 0.811. The fourth-order valence-corrected chi connectivity index (χ4v) is 0.959. The molecule has 0 saturated heterocycles. The van der Waals surface area contributed by atoms with Crippen LogP contribution in [0, 0.1) is 11.3 Å². The molecule has 0 amide bonds. The molecule has 0 saturated carbocycles. The van der Waals surface area contributed by atoms with Gasteiger partial charge in [0.15, 0.2) is 0 Å². The van der Waals surface area contributed by atoms with Gasteiger partial charge in [0.25, 0.3) is 0 Å². The number of rotatable bonds is 3. The summed E-state index contributed by atoms with van der Waals surface area (Å²) in [5.41, 5.74) is 0.642. The Bertz CT molecular complexity index is 324. The predicted molar refractivity (Wildman–Crippen MR) is 54.7 cm³/mol. The lowest BCUT2D eigenvalue weighted by molar-refractivity contribution is 0.363. The first-order valence-electron chi connectivity index (χ1n) is 3.75. The Morgan fingerprint density at radius 3 is 2.62 bits per heavy atom. The van der Waals surface area contributed by atoms with Crippen molar-refractivity contribution in [1.29, 1.82) is 5.26 Å². The standard InChI is InChI=1S/C10H8BrNO/c11-6-1-7-13-10-4-2-9(8-12)3-5-10/h1-6H,7H2/b6-1+. The molecule has 0 aliphatic heterocycles. The van der Waals surface area contributed by atoms with Crippen molar-refractivity contribution in [3.8, 4) is 11.8 Å². The van der Waals surface area contributed by atoms with E-state index in [9.17, 15) is 0 Å². The number of benzene rings is 1. The van der Waals surface area contributed by atoms with E-state index in [4.69, 9.17) is 10.00 Å². The third-order valence-electron chi connectivity index (χ3n) is 1.42. The smallest absolute Gasteiger partial charge is 0.119 e. The van der Waals surface area contributed by atoms with Crippen LogP contribution in [0.3, 0.4) is 0 Å². The lowest BCUT2D eigenvalue weighted by atomic mass is 10.2. The van der Waals surface area contributed by atoms with Gasteiger partial charge in [-0.3, -0.25) is 0 Å². The van der Waals surface area contributed by atoms with Crippen molar-refractivity contribution >= 4 is 15.9 Å². The lowest BCUT2D eigenvalue weighted by Crippen LogP contribution is -1.92. The molecule has 2 nitrogen and oxygen atoms in total. The van der Waals surface area contributed by atoms with Crippen LogP contribution in [0.4, 0.5) is 0 Å². The Morgan fingerprint density at radius 2 is 2.08 bits per heavy atom. The summed E-state index contributed by atoms with van der Waals surface area (Å²) in [5, 5.41) is 8.53. The summed E-state index contributed by atoms with van der Waals surface area (Å²) in [6, 6.07) is 9.06. The van der Waals surface area contributed by atoms with Gasteiger partial charge in [-0.25, -0.2) is 0 Å². The molecule has 0 radical (unpaired) electrons. The number of nitrogens with zero attached hydrogens (tertiary/aromatic N) is 1. The third kappa shape index (κ3) is 3.30. The summed E-state index contributed by atoms with van der Waals surface area (Å²) < 4.78 is 5.32. The number of halogens is 1. The molecule has 0 fully saturated rings. The molecule has 0 unspecified atom stereocenters. The van der Waals surface area contributed by atoms with Crippen LogP contribution in [0.25, 0.3) is 0 Å². The molecule has 1 aromatic carbocycles. The number of nitriles is 1. The Balaban J connectivity index is 2.55. The Hall–Kier alpha value is -1.27. The lowest BCUT2D eigenvalue weighted by Gasteiger charge is -2.01.